The normalized spacial score (nSPS) is 22.0. The first-order valence-corrected chi connectivity index (χ1v) is 8.32. The minimum Gasteiger partial charge on any atom is -0.481 e. The van der Waals surface area contributed by atoms with Gasteiger partial charge < -0.3 is 10.0 Å². The third kappa shape index (κ3) is 4.96. The average Bonchev–Trinajstić information content (AvgIpc) is 3.01. The predicted octanol–water partition coefficient (Wildman–Crippen LogP) is 3.37. The number of carbonyl (C=O) groups excluding carboxylic acids is 1. The maximum absolute atomic E-state index is 13.0. The molecule has 1 heterocycles. The van der Waals surface area contributed by atoms with Crippen LogP contribution in [0.4, 0.5) is 13.2 Å². The molecule has 4 nitrogen and oxygen atoms in total. The Balaban J connectivity index is 1.90. The minimum absolute atomic E-state index is 0.374. The smallest absolute Gasteiger partial charge is 0.394 e. The highest BCUT2D eigenvalue weighted by atomic mass is 19.4. The number of aryl methyl sites for hydroxylation is 1. The van der Waals surface area contributed by atoms with E-state index in [2.05, 4.69) is 0 Å². The Kier molecular flexibility index (Phi) is 6.08. The summed E-state index contributed by atoms with van der Waals surface area (Å²) in [5, 5.41) is 9.01. The Morgan fingerprint density at radius 1 is 1.24 bits per heavy atom. The fraction of sp³-hybridized carbons (Fsp3) is 0.556. The SMILES string of the molecule is CC(CCCc1ccccc1)C(=O)N1C[C@@H](C(F)(F)F)[C@H](C(=O)O)C1. The van der Waals surface area contributed by atoms with Crippen LogP contribution in [0.3, 0.4) is 0 Å². The summed E-state index contributed by atoms with van der Waals surface area (Å²) in [5.41, 5.74) is 1.14. The third-order valence-corrected chi connectivity index (χ3v) is 4.74. The highest BCUT2D eigenvalue weighted by Crippen LogP contribution is 2.38. The molecule has 1 unspecified atom stereocenters. The van der Waals surface area contributed by atoms with Crippen molar-refractivity contribution in [2.45, 2.75) is 32.4 Å². The molecule has 0 aliphatic carbocycles. The predicted molar refractivity (Wildman–Crippen MR) is 85.8 cm³/mol. The molecule has 7 heteroatoms. The van der Waals surface area contributed by atoms with E-state index >= 15 is 0 Å². The molecule has 1 N–H and O–H groups in total. The lowest BCUT2D eigenvalue weighted by Crippen LogP contribution is -2.35. The summed E-state index contributed by atoms with van der Waals surface area (Å²) in [6, 6.07) is 9.74. The van der Waals surface area contributed by atoms with Gasteiger partial charge in [0.05, 0.1) is 11.8 Å². The lowest BCUT2D eigenvalue weighted by Gasteiger charge is -2.21. The molecule has 1 fully saturated rings. The van der Waals surface area contributed by atoms with Crippen molar-refractivity contribution in [1.82, 2.24) is 4.90 Å². The maximum Gasteiger partial charge on any atom is 0.394 e. The van der Waals surface area contributed by atoms with Gasteiger partial charge in [-0.05, 0) is 24.8 Å². The number of nitrogens with zero attached hydrogens (tertiary/aromatic N) is 1. The molecular weight excluding hydrogens is 335 g/mol. The van der Waals surface area contributed by atoms with E-state index in [9.17, 15) is 22.8 Å². The summed E-state index contributed by atoms with van der Waals surface area (Å²) in [6.45, 7) is 0.744. The van der Waals surface area contributed by atoms with Gasteiger partial charge >= 0.3 is 12.1 Å². The Labute approximate surface area is 144 Å². The molecule has 0 saturated carbocycles. The number of carboxylic acid groups (broad SMARTS) is 1. The number of carboxylic acids is 1. The molecule has 1 amide bonds. The molecule has 2 rings (SSSR count). The number of amides is 1. The Morgan fingerprint density at radius 3 is 2.40 bits per heavy atom. The van der Waals surface area contributed by atoms with Gasteiger partial charge in [0, 0.05) is 19.0 Å². The zero-order valence-corrected chi connectivity index (χ0v) is 14.0. The summed E-state index contributed by atoms with van der Waals surface area (Å²) in [5.74, 6) is -5.91. The molecule has 138 valence electrons. The van der Waals surface area contributed by atoms with Gasteiger partial charge in [-0.3, -0.25) is 9.59 Å². The number of alkyl halides is 3. The molecule has 3 atom stereocenters. The minimum atomic E-state index is -4.62. The van der Waals surface area contributed by atoms with Gasteiger partial charge in [0.1, 0.15) is 0 Å². The van der Waals surface area contributed by atoms with Crippen molar-refractivity contribution in [2.24, 2.45) is 17.8 Å². The first kappa shape index (κ1) is 19.3. The van der Waals surface area contributed by atoms with Gasteiger partial charge in [-0.25, -0.2) is 0 Å². The van der Waals surface area contributed by atoms with Crippen LogP contribution in [0.1, 0.15) is 25.3 Å². The van der Waals surface area contributed by atoms with E-state index in [1.54, 1.807) is 6.92 Å². The molecule has 0 radical (unpaired) electrons. The number of likely N-dealkylation sites (tertiary alicyclic amines) is 1. The molecule has 25 heavy (non-hydrogen) atoms. The van der Waals surface area contributed by atoms with E-state index in [1.165, 1.54) is 0 Å². The monoisotopic (exact) mass is 357 g/mol. The van der Waals surface area contributed by atoms with Crippen LogP contribution in [-0.4, -0.2) is 41.1 Å². The van der Waals surface area contributed by atoms with Crippen molar-refractivity contribution in [3.05, 3.63) is 35.9 Å². The fourth-order valence-corrected chi connectivity index (χ4v) is 3.26. The molecule has 1 aromatic carbocycles. The zero-order chi connectivity index (χ0) is 18.6. The van der Waals surface area contributed by atoms with E-state index in [4.69, 9.17) is 5.11 Å². The van der Waals surface area contributed by atoms with Crippen LogP contribution < -0.4 is 0 Å². The van der Waals surface area contributed by atoms with E-state index in [0.29, 0.717) is 6.42 Å². The van der Waals surface area contributed by atoms with E-state index in [-0.39, 0.29) is 6.54 Å². The topological polar surface area (TPSA) is 57.6 Å². The standard InChI is InChI=1S/C18H22F3NO3/c1-12(6-5-9-13-7-3-2-4-8-13)16(23)22-10-14(17(24)25)15(11-22)18(19,20)21/h2-4,7-8,12,14-15H,5-6,9-11H2,1H3,(H,24,25)/t12?,14-,15-/m1/s1. The van der Waals surface area contributed by atoms with Crippen LogP contribution in [0.15, 0.2) is 30.3 Å². The quantitative estimate of drug-likeness (QED) is 0.849. The highest BCUT2D eigenvalue weighted by molar-refractivity contribution is 5.80. The van der Waals surface area contributed by atoms with Crippen LogP contribution in [0.25, 0.3) is 0 Å². The van der Waals surface area contributed by atoms with Gasteiger partial charge in [0.25, 0.3) is 0 Å². The molecule has 1 aliphatic rings. The van der Waals surface area contributed by atoms with Crippen molar-refractivity contribution in [1.29, 1.82) is 0 Å². The number of benzene rings is 1. The Morgan fingerprint density at radius 2 is 1.88 bits per heavy atom. The van der Waals surface area contributed by atoms with Crippen LogP contribution in [0.5, 0.6) is 0 Å². The van der Waals surface area contributed by atoms with Crippen LogP contribution in [-0.2, 0) is 16.0 Å². The molecule has 1 saturated heterocycles. The second-order valence-corrected chi connectivity index (χ2v) is 6.61. The van der Waals surface area contributed by atoms with E-state index in [0.717, 1.165) is 23.3 Å². The fourth-order valence-electron chi connectivity index (χ4n) is 3.26. The highest BCUT2D eigenvalue weighted by Gasteiger charge is 2.53. The van der Waals surface area contributed by atoms with Gasteiger partial charge in [-0.2, -0.15) is 13.2 Å². The number of halogens is 3. The van der Waals surface area contributed by atoms with Crippen molar-refractivity contribution in [2.75, 3.05) is 13.1 Å². The van der Waals surface area contributed by atoms with Crippen molar-refractivity contribution in [3.63, 3.8) is 0 Å². The van der Waals surface area contributed by atoms with Gasteiger partial charge in [0.2, 0.25) is 5.91 Å². The van der Waals surface area contributed by atoms with Crippen LogP contribution in [0, 0.1) is 17.8 Å². The number of rotatable bonds is 6. The first-order valence-electron chi connectivity index (χ1n) is 8.32. The van der Waals surface area contributed by atoms with Gasteiger partial charge in [0.15, 0.2) is 0 Å². The third-order valence-electron chi connectivity index (χ3n) is 4.74. The van der Waals surface area contributed by atoms with Crippen LogP contribution >= 0.6 is 0 Å². The van der Waals surface area contributed by atoms with E-state index < -0.39 is 42.4 Å². The van der Waals surface area contributed by atoms with Gasteiger partial charge in [-0.1, -0.05) is 37.3 Å². The lowest BCUT2D eigenvalue weighted by atomic mass is 9.96. The molecule has 1 aliphatic heterocycles. The molecule has 0 bridgehead atoms. The van der Waals surface area contributed by atoms with E-state index in [1.807, 2.05) is 30.3 Å². The summed E-state index contributed by atoms with van der Waals surface area (Å²) in [4.78, 5) is 24.5. The second kappa shape index (κ2) is 7.89. The van der Waals surface area contributed by atoms with Crippen molar-refractivity contribution >= 4 is 11.9 Å². The summed E-state index contributed by atoms with van der Waals surface area (Å²) < 4.78 is 39.0. The Bertz CT molecular complexity index is 603. The number of aliphatic carboxylic acids is 1. The number of hydrogen-bond acceptors (Lipinski definition) is 2. The average molecular weight is 357 g/mol. The van der Waals surface area contributed by atoms with Crippen LogP contribution in [0.2, 0.25) is 0 Å². The lowest BCUT2D eigenvalue weighted by molar-refractivity contribution is -0.188. The largest absolute Gasteiger partial charge is 0.481 e. The Hall–Kier alpha value is -2.05. The molecular formula is C18H22F3NO3. The molecule has 0 aromatic heterocycles. The molecule has 1 aromatic rings. The number of carbonyl (C=O) groups is 2. The first-order chi connectivity index (χ1) is 11.7. The molecule has 0 spiro atoms. The second-order valence-electron chi connectivity index (χ2n) is 6.61. The summed E-state index contributed by atoms with van der Waals surface area (Å²) in [6.07, 6.45) is -2.52. The summed E-state index contributed by atoms with van der Waals surface area (Å²) >= 11 is 0. The van der Waals surface area contributed by atoms with Crippen molar-refractivity contribution in [3.8, 4) is 0 Å². The zero-order valence-electron chi connectivity index (χ0n) is 14.0. The maximum atomic E-state index is 13.0. The summed E-state index contributed by atoms with van der Waals surface area (Å²) in [7, 11) is 0. The van der Waals surface area contributed by atoms with Crippen molar-refractivity contribution < 1.29 is 27.9 Å². The van der Waals surface area contributed by atoms with Gasteiger partial charge in [-0.15, -0.1) is 0 Å². The number of hydrogen-bond donors (Lipinski definition) is 1.